The predicted octanol–water partition coefficient (Wildman–Crippen LogP) is -0.0532. The first-order chi connectivity index (χ1) is 7.63. The van der Waals surface area contributed by atoms with Crippen LogP contribution in [0.1, 0.15) is 24.8 Å². The molecule has 0 spiro atoms. The molecule has 1 aliphatic carbocycles. The Morgan fingerprint density at radius 1 is 1.56 bits per heavy atom. The molecule has 1 aromatic heterocycles. The zero-order chi connectivity index (χ0) is 11.6. The minimum absolute atomic E-state index is 0.0887. The summed E-state index contributed by atoms with van der Waals surface area (Å²) in [5.41, 5.74) is 5.94. The Morgan fingerprint density at radius 3 is 2.94 bits per heavy atom. The first kappa shape index (κ1) is 11.6. The van der Waals surface area contributed by atoms with Crippen LogP contribution >= 0.6 is 0 Å². The minimum Gasteiger partial charge on any atom is -0.326 e. The lowest BCUT2D eigenvalue weighted by Crippen LogP contribution is -2.26. The minimum atomic E-state index is -3.48. The van der Waals surface area contributed by atoms with E-state index in [2.05, 4.69) is 14.9 Å². The van der Waals surface area contributed by atoms with E-state index in [0.717, 1.165) is 6.42 Å². The Hall–Kier alpha value is -0.920. The smallest absolute Gasteiger partial charge is 0.257 e. The lowest BCUT2D eigenvalue weighted by Gasteiger charge is -2.05. The van der Waals surface area contributed by atoms with Crippen molar-refractivity contribution in [1.29, 1.82) is 0 Å². The van der Waals surface area contributed by atoms with Crippen LogP contribution in [0.15, 0.2) is 11.2 Å². The molecule has 0 amide bonds. The van der Waals surface area contributed by atoms with Crippen LogP contribution in [0.4, 0.5) is 0 Å². The fourth-order valence-corrected chi connectivity index (χ4v) is 2.74. The van der Waals surface area contributed by atoms with Gasteiger partial charge in [-0.25, -0.2) is 13.1 Å². The summed E-state index contributed by atoms with van der Waals surface area (Å²) in [6.07, 6.45) is 4.79. The molecule has 0 radical (unpaired) electrons. The summed E-state index contributed by atoms with van der Waals surface area (Å²) < 4.78 is 26.2. The monoisotopic (exact) mass is 244 g/mol. The first-order valence-electron chi connectivity index (χ1n) is 5.35. The Labute approximate surface area is 94.7 Å². The number of sulfonamides is 1. The molecule has 0 unspecified atom stereocenters. The maximum atomic E-state index is 11.8. The van der Waals surface area contributed by atoms with E-state index < -0.39 is 10.0 Å². The summed E-state index contributed by atoms with van der Waals surface area (Å²) >= 11 is 0. The second kappa shape index (κ2) is 4.52. The molecular weight excluding hydrogens is 228 g/mol. The fraction of sp³-hybridized carbons (Fsp3) is 0.667. The topological polar surface area (TPSA) is 101 Å². The summed E-state index contributed by atoms with van der Waals surface area (Å²) in [7, 11) is -3.48. The van der Waals surface area contributed by atoms with Crippen molar-refractivity contribution in [1.82, 2.24) is 14.9 Å². The Bertz CT molecular complexity index is 450. The molecule has 0 bridgehead atoms. The molecular formula is C9H16N4O2S. The number of nitrogens with two attached hydrogens (primary N) is 1. The van der Waals surface area contributed by atoms with Crippen LogP contribution in [0.3, 0.4) is 0 Å². The molecule has 1 aliphatic rings. The van der Waals surface area contributed by atoms with Crippen LogP contribution in [0.2, 0.25) is 0 Å². The largest absolute Gasteiger partial charge is 0.326 e. The van der Waals surface area contributed by atoms with Crippen molar-refractivity contribution in [3.05, 3.63) is 11.8 Å². The summed E-state index contributed by atoms with van der Waals surface area (Å²) in [6.45, 7) is 0.644. The van der Waals surface area contributed by atoms with E-state index in [9.17, 15) is 8.42 Å². The lowest BCUT2D eigenvalue weighted by molar-refractivity contribution is 0.570. The second-order valence-corrected chi connectivity index (χ2v) is 5.76. The Morgan fingerprint density at radius 2 is 2.31 bits per heavy atom. The predicted molar refractivity (Wildman–Crippen MR) is 59.0 cm³/mol. The van der Waals surface area contributed by atoms with Crippen LogP contribution in [0.25, 0.3) is 0 Å². The van der Waals surface area contributed by atoms with E-state index in [1.807, 2.05) is 0 Å². The molecule has 1 fully saturated rings. The zero-order valence-electron chi connectivity index (χ0n) is 8.94. The van der Waals surface area contributed by atoms with Crippen LogP contribution in [-0.2, 0) is 16.6 Å². The van der Waals surface area contributed by atoms with Crippen LogP contribution in [0, 0.1) is 5.92 Å². The maximum absolute atomic E-state index is 11.8. The first-order valence-corrected chi connectivity index (χ1v) is 6.84. The highest BCUT2D eigenvalue weighted by molar-refractivity contribution is 7.89. The standard InChI is InChI=1S/C9H16N4O2S/c10-5-8-6-11-13-9(8)16(14,15)12-4-3-7-1-2-7/h6-7,12H,1-5,10H2,(H,11,13). The number of H-pyrrole nitrogens is 1. The maximum Gasteiger partial charge on any atom is 0.257 e. The van der Waals surface area contributed by atoms with Gasteiger partial charge in [-0.3, -0.25) is 5.10 Å². The van der Waals surface area contributed by atoms with E-state index in [0.29, 0.717) is 18.0 Å². The Balaban J connectivity index is 1.99. The zero-order valence-corrected chi connectivity index (χ0v) is 9.76. The fourth-order valence-electron chi connectivity index (χ4n) is 1.55. The number of nitrogens with one attached hydrogen (secondary N) is 2. The highest BCUT2D eigenvalue weighted by Gasteiger charge is 2.23. The molecule has 1 aromatic rings. The highest BCUT2D eigenvalue weighted by atomic mass is 32.2. The average Bonchev–Trinajstić information content (AvgIpc) is 2.93. The van der Waals surface area contributed by atoms with Crippen molar-refractivity contribution < 1.29 is 8.42 Å². The van der Waals surface area contributed by atoms with Crippen molar-refractivity contribution in [2.24, 2.45) is 11.7 Å². The second-order valence-electron chi connectivity index (χ2n) is 4.06. The molecule has 7 heteroatoms. The summed E-state index contributed by atoms with van der Waals surface area (Å²) in [6, 6.07) is 0. The quantitative estimate of drug-likeness (QED) is 0.653. The van der Waals surface area contributed by atoms with Gasteiger partial charge in [-0.15, -0.1) is 0 Å². The molecule has 6 nitrogen and oxygen atoms in total. The van der Waals surface area contributed by atoms with Gasteiger partial charge in [0.25, 0.3) is 10.0 Å². The number of aromatic nitrogens is 2. The van der Waals surface area contributed by atoms with Crippen molar-refractivity contribution in [3.63, 3.8) is 0 Å². The third-order valence-electron chi connectivity index (χ3n) is 2.71. The van der Waals surface area contributed by atoms with Gasteiger partial charge in [-0.1, -0.05) is 12.8 Å². The normalized spacial score (nSPS) is 16.6. The number of aromatic amines is 1. The number of rotatable bonds is 6. The van der Waals surface area contributed by atoms with Crippen LogP contribution in [0.5, 0.6) is 0 Å². The molecule has 0 atom stereocenters. The summed E-state index contributed by atoms with van der Waals surface area (Å²) in [5.74, 6) is 0.707. The van der Waals surface area contributed by atoms with Crippen molar-refractivity contribution in [2.45, 2.75) is 30.8 Å². The van der Waals surface area contributed by atoms with E-state index in [1.165, 1.54) is 19.0 Å². The molecule has 0 aliphatic heterocycles. The molecule has 0 saturated heterocycles. The number of nitrogens with zero attached hydrogens (tertiary/aromatic N) is 1. The number of hydrogen-bond acceptors (Lipinski definition) is 4. The SMILES string of the molecule is NCc1cn[nH]c1S(=O)(=O)NCCC1CC1. The third-order valence-corrected chi connectivity index (χ3v) is 4.18. The van der Waals surface area contributed by atoms with Crippen molar-refractivity contribution in [3.8, 4) is 0 Å². The molecule has 2 rings (SSSR count). The summed E-state index contributed by atoms with van der Waals surface area (Å²) in [4.78, 5) is 0. The van der Waals surface area contributed by atoms with Gasteiger partial charge >= 0.3 is 0 Å². The lowest BCUT2D eigenvalue weighted by atomic mass is 10.3. The van der Waals surface area contributed by atoms with Gasteiger partial charge in [0.1, 0.15) is 0 Å². The molecule has 4 N–H and O–H groups in total. The van der Waals surface area contributed by atoms with Gasteiger partial charge in [0.2, 0.25) is 0 Å². The number of hydrogen-bond donors (Lipinski definition) is 3. The Kier molecular flexibility index (Phi) is 3.27. The molecule has 90 valence electrons. The molecule has 1 saturated carbocycles. The van der Waals surface area contributed by atoms with Gasteiger partial charge < -0.3 is 5.73 Å². The van der Waals surface area contributed by atoms with Crippen molar-refractivity contribution in [2.75, 3.05) is 6.54 Å². The summed E-state index contributed by atoms with van der Waals surface area (Å²) in [5, 5.41) is 6.25. The molecule has 16 heavy (non-hydrogen) atoms. The van der Waals surface area contributed by atoms with Crippen LogP contribution < -0.4 is 10.5 Å². The third kappa shape index (κ3) is 2.60. The van der Waals surface area contributed by atoms with E-state index in [-0.39, 0.29) is 11.6 Å². The highest BCUT2D eigenvalue weighted by Crippen LogP contribution is 2.31. The van der Waals surface area contributed by atoms with Gasteiger partial charge in [0.15, 0.2) is 5.03 Å². The van der Waals surface area contributed by atoms with Gasteiger partial charge in [0, 0.05) is 18.7 Å². The van der Waals surface area contributed by atoms with E-state index >= 15 is 0 Å². The molecule has 1 heterocycles. The van der Waals surface area contributed by atoms with Gasteiger partial charge in [-0.2, -0.15) is 5.10 Å². The van der Waals surface area contributed by atoms with Gasteiger partial charge in [0.05, 0.1) is 6.20 Å². The van der Waals surface area contributed by atoms with Crippen LogP contribution in [-0.4, -0.2) is 25.2 Å². The average molecular weight is 244 g/mol. The van der Waals surface area contributed by atoms with Gasteiger partial charge in [-0.05, 0) is 12.3 Å². The molecule has 0 aromatic carbocycles. The van der Waals surface area contributed by atoms with Crippen molar-refractivity contribution >= 4 is 10.0 Å². The van der Waals surface area contributed by atoms with E-state index in [1.54, 1.807) is 0 Å². The van der Waals surface area contributed by atoms with E-state index in [4.69, 9.17) is 5.73 Å².